The Bertz CT molecular complexity index is 824. The van der Waals surface area contributed by atoms with E-state index in [1.54, 1.807) is 18.2 Å². The summed E-state index contributed by atoms with van der Waals surface area (Å²) >= 11 is 0. The molecule has 8 heteroatoms. The fourth-order valence-electron chi connectivity index (χ4n) is 2.38. The van der Waals surface area contributed by atoms with Gasteiger partial charge < -0.3 is 26.3 Å². The summed E-state index contributed by atoms with van der Waals surface area (Å²) in [6.45, 7) is 2.18. The summed E-state index contributed by atoms with van der Waals surface area (Å²) in [5.74, 6) is -1.000. The summed E-state index contributed by atoms with van der Waals surface area (Å²) < 4.78 is 5.16. The van der Waals surface area contributed by atoms with E-state index in [1.165, 1.54) is 6.07 Å². The van der Waals surface area contributed by atoms with Gasteiger partial charge in [-0.3, -0.25) is 4.99 Å². The van der Waals surface area contributed by atoms with Gasteiger partial charge in [-0.1, -0.05) is 0 Å². The van der Waals surface area contributed by atoms with Crippen LogP contribution in [0, 0.1) is 6.92 Å². The quantitative estimate of drug-likeness (QED) is 0.256. The van der Waals surface area contributed by atoms with Crippen LogP contribution in [0.3, 0.4) is 0 Å². The van der Waals surface area contributed by atoms with Gasteiger partial charge in [-0.15, -0.1) is 0 Å². The van der Waals surface area contributed by atoms with Gasteiger partial charge in [-0.25, -0.2) is 9.59 Å². The van der Waals surface area contributed by atoms with E-state index in [0.29, 0.717) is 30.7 Å². The van der Waals surface area contributed by atoms with Gasteiger partial charge in [0.1, 0.15) is 11.6 Å². The molecule has 0 aliphatic carbocycles. The summed E-state index contributed by atoms with van der Waals surface area (Å²) in [5, 5.41) is 13.1. The molecule has 0 bridgehead atoms. The summed E-state index contributed by atoms with van der Waals surface area (Å²) in [5.41, 5.74) is 11.8. The minimum absolute atomic E-state index is 0.0187. The van der Waals surface area contributed by atoms with Gasteiger partial charge in [-0.2, -0.15) is 0 Å². The molecule has 1 aromatic heterocycles. The number of nitrogens with two attached hydrogens (primary N) is 2. The second-order valence-electron chi connectivity index (χ2n) is 5.44. The van der Waals surface area contributed by atoms with E-state index < -0.39 is 17.6 Å². The third-order valence-electron chi connectivity index (χ3n) is 3.54. The predicted molar refractivity (Wildman–Crippen MR) is 92.2 cm³/mol. The Labute approximate surface area is 138 Å². The van der Waals surface area contributed by atoms with E-state index in [0.717, 1.165) is 10.9 Å². The molecule has 1 heterocycles. The maximum Gasteiger partial charge on any atom is 0.336 e. The second kappa shape index (κ2) is 7.49. The molecule has 0 fully saturated rings. The number of benzene rings is 1. The Kier molecular flexibility index (Phi) is 5.41. The van der Waals surface area contributed by atoms with Crippen LogP contribution in [0.4, 0.5) is 5.69 Å². The zero-order valence-corrected chi connectivity index (χ0v) is 13.3. The molecule has 0 amide bonds. The van der Waals surface area contributed by atoms with E-state index >= 15 is 0 Å². The van der Waals surface area contributed by atoms with Crippen molar-refractivity contribution in [1.29, 1.82) is 0 Å². The zero-order chi connectivity index (χ0) is 17.7. The molecule has 0 unspecified atom stereocenters. The molecule has 6 N–H and O–H groups in total. The molecular weight excluding hydrogens is 312 g/mol. The first-order valence-corrected chi connectivity index (χ1v) is 7.46. The third kappa shape index (κ3) is 4.48. The molecule has 1 atom stereocenters. The number of carboxylic acid groups (broad SMARTS) is 1. The molecule has 0 saturated carbocycles. The molecule has 8 nitrogen and oxygen atoms in total. The lowest BCUT2D eigenvalue weighted by atomic mass is 10.1. The molecule has 2 aromatic rings. The van der Waals surface area contributed by atoms with Crippen LogP contribution in [-0.4, -0.2) is 29.6 Å². The first kappa shape index (κ1) is 17.3. The van der Waals surface area contributed by atoms with E-state index in [-0.39, 0.29) is 5.96 Å². The van der Waals surface area contributed by atoms with Gasteiger partial charge in [0, 0.05) is 29.8 Å². The number of rotatable bonds is 7. The molecule has 2 rings (SSSR count). The van der Waals surface area contributed by atoms with Crippen LogP contribution in [0.5, 0.6) is 0 Å². The number of carboxylic acids is 1. The number of nitrogens with one attached hydrogen (secondary N) is 1. The number of hydrogen-bond donors (Lipinski definition) is 4. The van der Waals surface area contributed by atoms with Crippen molar-refractivity contribution in [2.45, 2.75) is 25.8 Å². The maximum atomic E-state index is 11.5. The van der Waals surface area contributed by atoms with Crippen LogP contribution >= 0.6 is 0 Å². The van der Waals surface area contributed by atoms with Crippen LogP contribution in [0.15, 0.2) is 38.5 Å². The lowest BCUT2D eigenvalue weighted by Crippen LogP contribution is -2.29. The number of fused-ring (bicyclic) bond motifs is 1. The van der Waals surface area contributed by atoms with Crippen LogP contribution < -0.4 is 22.4 Å². The normalized spacial score (nSPS) is 11.9. The monoisotopic (exact) mass is 332 g/mol. The first-order valence-electron chi connectivity index (χ1n) is 7.46. The Hall–Kier alpha value is -3.03. The molecular formula is C16H20N4O4. The highest BCUT2D eigenvalue weighted by Crippen LogP contribution is 2.21. The molecule has 0 aliphatic rings. The zero-order valence-electron chi connectivity index (χ0n) is 13.3. The predicted octanol–water partition coefficient (Wildman–Crippen LogP) is 1.02. The van der Waals surface area contributed by atoms with Crippen molar-refractivity contribution in [3.8, 4) is 0 Å². The van der Waals surface area contributed by atoms with Crippen molar-refractivity contribution in [2.75, 3.05) is 11.9 Å². The highest BCUT2D eigenvalue weighted by molar-refractivity contribution is 5.84. The fourth-order valence-corrected chi connectivity index (χ4v) is 2.38. The Balaban J connectivity index is 2.14. The molecule has 0 aliphatic heterocycles. The molecule has 0 spiro atoms. The smallest absolute Gasteiger partial charge is 0.336 e. The standard InChI is InChI=1S/C16H20N4O4/c1-9-7-14(21)24-13-8-10(4-5-11(9)13)20-12(15(22)23)3-2-6-19-16(17)18/h4-5,7-8,12,20H,2-3,6H2,1H3,(H,22,23)(H4,17,18,19)/t12-/m0/s1. The molecule has 1 aromatic carbocycles. The largest absolute Gasteiger partial charge is 0.480 e. The van der Waals surface area contributed by atoms with E-state index in [9.17, 15) is 14.7 Å². The second-order valence-corrected chi connectivity index (χ2v) is 5.44. The summed E-state index contributed by atoms with van der Waals surface area (Å²) in [4.78, 5) is 26.7. The van der Waals surface area contributed by atoms with Gasteiger partial charge in [0.2, 0.25) is 0 Å². The average molecular weight is 332 g/mol. The van der Waals surface area contributed by atoms with Crippen molar-refractivity contribution < 1.29 is 14.3 Å². The SMILES string of the molecule is Cc1cc(=O)oc2cc(N[C@@H](CCCN=C(N)N)C(=O)O)ccc12. The van der Waals surface area contributed by atoms with E-state index in [2.05, 4.69) is 10.3 Å². The maximum absolute atomic E-state index is 11.5. The average Bonchev–Trinajstić information content (AvgIpc) is 2.49. The van der Waals surface area contributed by atoms with Gasteiger partial charge in [0.15, 0.2) is 5.96 Å². The fraction of sp³-hybridized carbons (Fsp3) is 0.312. The topological polar surface area (TPSA) is 144 Å². The van der Waals surface area contributed by atoms with Crippen molar-refractivity contribution in [1.82, 2.24) is 0 Å². The molecule has 0 saturated heterocycles. The Morgan fingerprint density at radius 3 is 2.79 bits per heavy atom. The highest BCUT2D eigenvalue weighted by Gasteiger charge is 2.17. The van der Waals surface area contributed by atoms with Crippen molar-refractivity contribution >= 4 is 28.6 Å². The lowest BCUT2D eigenvalue weighted by Gasteiger charge is -2.15. The molecule has 0 radical (unpaired) electrons. The summed E-state index contributed by atoms with van der Waals surface area (Å²) in [6.07, 6.45) is 0.867. The van der Waals surface area contributed by atoms with Gasteiger partial charge in [0.25, 0.3) is 0 Å². The number of guanidine groups is 1. The summed E-state index contributed by atoms with van der Waals surface area (Å²) in [7, 11) is 0. The number of hydrogen-bond acceptors (Lipinski definition) is 5. The molecule has 24 heavy (non-hydrogen) atoms. The third-order valence-corrected chi connectivity index (χ3v) is 3.54. The summed E-state index contributed by atoms with van der Waals surface area (Å²) in [6, 6.07) is 5.78. The van der Waals surface area contributed by atoms with Crippen LogP contribution in [0.1, 0.15) is 18.4 Å². The van der Waals surface area contributed by atoms with E-state index in [1.807, 2.05) is 6.92 Å². The Morgan fingerprint density at radius 1 is 1.38 bits per heavy atom. The van der Waals surface area contributed by atoms with Crippen LogP contribution in [-0.2, 0) is 4.79 Å². The number of carbonyl (C=O) groups is 1. The van der Waals surface area contributed by atoms with Crippen molar-refractivity contribution in [3.63, 3.8) is 0 Å². The minimum atomic E-state index is -0.981. The van der Waals surface area contributed by atoms with Gasteiger partial charge in [0.05, 0.1) is 0 Å². The van der Waals surface area contributed by atoms with Gasteiger partial charge >= 0.3 is 11.6 Å². The van der Waals surface area contributed by atoms with E-state index in [4.69, 9.17) is 15.9 Å². The number of nitrogens with zero attached hydrogens (tertiary/aromatic N) is 1. The minimum Gasteiger partial charge on any atom is -0.480 e. The lowest BCUT2D eigenvalue weighted by molar-refractivity contribution is -0.138. The number of aryl methyl sites for hydroxylation is 1. The highest BCUT2D eigenvalue weighted by atomic mass is 16.4. The number of aliphatic imine (C=N–C) groups is 1. The number of anilines is 1. The van der Waals surface area contributed by atoms with Crippen molar-refractivity contribution in [3.05, 3.63) is 40.2 Å². The molecule has 128 valence electrons. The van der Waals surface area contributed by atoms with Gasteiger partial charge in [-0.05, 0) is 37.5 Å². The first-order chi connectivity index (χ1) is 11.4. The Morgan fingerprint density at radius 2 is 2.12 bits per heavy atom. The number of aliphatic carboxylic acids is 1. The van der Waals surface area contributed by atoms with Crippen molar-refractivity contribution in [2.24, 2.45) is 16.5 Å². The van der Waals surface area contributed by atoms with Crippen LogP contribution in [0.25, 0.3) is 11.0 Å². The van der Waals surface area contributed by atoms with Crippen LogP contribution in [0.2, 0.25) is 0 Å².